The summed E-state index contributed by atoms with van der Waals surface area (Å²) in [6.45, 7) is 5.34. The summed E-state index contributed by atoms with van der Waals surface area (Å²) in [6, 6.07) is 17.8. The molecule has 0 unspecified atom stereocenters. The first-order chi connectivity index (χ1) is 9.10. The summed E-state index contributed by atoms with van der Waals surface area (Å²) in [7, 11) is -3.43. The molecule has 0 saturated carbocycles. The molecule has 98 valence electrons. The molecule has 2 rings (SSSR count). The zero-order chi connectivity index (χ0) is 13.7. The standard InChI is InChI=1S/C15H15O3P/c1-13(2)19(16,17-14-9-5-3-6-10-14)18-15-11-7-4-8-12-15/h3-12H,1H2,2H3. The summed E-state index contributed by atoms with van der Waals surface area (Å²) in [5.74, 6) is 0.981. The van der Waals surface area contributed by atoms with E-state index in [2.05, 4.69) is 6.58 Å². The Hall–Kier alpha value is -1.99. The molecule has 0 amide bonds. The maximum absolute atomic E-state index is 12.7. The molecule has 0 aliphatic heterocycles. The van der Waals surface area contributed by atoms with Crippen LogP contribution in [0.25, 0.3) is 0 Å². The first kappa shape index (κ1) is 13.4. The first-order valence-corrected chi connectivity index (χ1v) is 7.40. The van der Waals surface area contributed by atoms with Gasteiger partial charge in [-0.3, -0.25) is 0 Å². The van der Waals surface area contributed by atoms with Crippen LogP contribution in [-0.2, 0) is 4.57 Å². The number of hydrogen-bond donors (Lipinski definition) is 0. The molecule has 0 aliphatic rings. The molecule has 0 aromatic heterocycles. The molecule has 0 spiro atoms. The van der Waals surface area contributed by atoms with E-state index in [-0.39, 0.29) is 0 Å². The summed E-state index contributed by atoms with van der Waals surface area (Å²) in [4.78, 5) is 0. The minimum absolute atomic E-state index is 0.361. The van der Waals surface area contributed by atoms with Crippen molar-refractivity contribution in [3.05, 3.63) is 72.6 Å². The van der Waals surface area contributed by atoms with Crippen LogP contribution < -0.4 is 9.05 Å². The monoisotopic (exact) mass is 274 g/mol. The third-order valence-corrected chi connectivity index (χ3v) is 4.24. The van der Waals surface area contributed by atoms with E-state index in [1.165, 1.54) is 0 Å². The predicted octanol–water partition coefficient (Wildman–Crippen LogP) is 4.87. The second-order valence-corrected chi connectivity index (χ2v) is 6.16. The van der Waals surface area contributed by atoms with Gasteiger partial charge in [0.1, 0.15) is 11.5 Å². The molecule has 2 aromatic rings. The van der Waals surface area contributed by atoms with E-state index in [0.717, 1.165) is 0 Å². The molecule has 2 aromatic carbocycles. The molecule has 19 heavy (non-hydrogen) atoms. The van der Waals surface area contributed by atoms with Gasteiger partial charge in [-0.15, -0.1) is 0 Å². The quantitative estimate of drug-likeness (QED) is 0.729. The van der Waals surface area contributed by atoms with E-state index in [4.69, 9.17) is 9.05 Å². The summed E-state index contributed by atoms with van der Waals surface area (Å²) in [5, 5.41) is 0.361. The molecular weight excluding hydrogens is 259 g/mol. The van der Waals surface area contributed by atoms with Gasteiger partial charge in [-0.1, -0.05) is 43.0 Å². The highest BCUT2D eigenvalue weighted by molar-refractivity contribution is 7.59. The molecule has 0 heterocycles. The highest BCUT2D eigenvalue weighted by Gasteiger charge is 2.29. The van der Waals surface area contributed by atoms with Crippen molar-refractivity contribution in [2.45, 2.75) is 6.92 Å². The van der Waals surface area contributed by atoms with Crippen molar-refractivity contribution in [1.29, 1.82) is 0 Å². The zero-order valence-electron chi connectivity index (χ0n) is 10.7. The van der Waals surface area contributed by atoms with E-state index >= 15 is 0 Å². The van der Waals surface area contributed by atoms with Gasteiger partial charge in [0.05, 0.1) is 5.31 Å². The van der Waals surface area contributed by atoms with E-state index < -0.39 is 7.60 Å². The van der Waals surface area contributed by atoms with Crippen molar-refractivity contribution in [3.63, 3.8) is 0 Å². The van der Waals surface area contributed by atoms with Gasteiger partial charge >= 0.3 is 7.60 Å². The fourth-order valence-corrected chi connectivity index (χ4v) is 2.56. The van der Waals surface area contributed by atoms with Crippen LogP contribution in [-0.4, -0.2) is 0 Å². The Kier molecular flexibility index (Phi) is 4.08. The van der Waals surface area contributed by atoms with Crippen molar-refractivity contribution in [2.75, 3.05) is 0 Å². The minimum Gasteiger partial charge on any atom is -0.413 e. The number of hydrogen-bond acceptors (Lipinski definition) is 3. The molecule has 4 heteroatoms. The lowest BCUT2D eigenvalue weighted by atomic mass is 10.3. The van der Waals surface area contributed by atoms with Crippen LogP contribution in [0, 0.1) is 0 Å². The SMILES string of the molecule is C=C(C)P(=O)(Oc1ccccc1)Oc1ccccc1. The summed E-state index contributed by atoms with van der Waals surface area (Å²) >= 11 is 0. The van der Waals surface area contributed by atoms with Crippen molar-refractivity contribution >= 4 is 7.60 Å². The number of benzene rings is 2. The molecule has 0 saturated heterocycles. The lowest BCUT2D eigenvalue weighted by Gasteiger charge is -2.19. The van der Waals surface area contributed by atoms with Gasteiger partial charge < -0.3 is 9.05 Å². The molecule has 3 nitrogen and oxygen atoms in total. The summed E-state index contributed by atoms with van der Waals surface area (Å²) < 4.78 is 23.7. The van der Waals surface area contributed by atoms with E-state index in [1.54, 1.807) is 55.5 Å². The van der Waals surface area contributed by atoms with E-state index in [0.29, 0.717) is 16.8 Å². The maximum Gasteiger partial charge on any atom is 0.457 e. The Morgan fingerprint density at radius 3 is 1.58 bits per heavy atom. The summed E-state index contributed by atoms with van der Waals surface area (Å²) in [6.07, 6.45) is 0. The van der Waals surface area contributed by atoms with Gasteiger partial charge in [-0.05, 0) is 31.2 Å². The predicted molar refractivity (Wildman–Crippen MR) is 76.6 cm³/mol. The van der Waals surface area contributed by atoms with Gasteiger partial charge in [0.2, 0.25) is 0 Å². The number of para-hydroxylation sites is 2. The Morgan fingerprint density at radius 2 is 1.26 bits per heavy atom. The Bertz CT molecular complexity index is 548. The first-order valence-electron chi connectivity index (χ1n) is 5.85. The van der Waals surface area contributed by atoms with Crippen LogP contribution in [0.4, 0.5) is 0 Å². The Balaban J connectivity index is 2.24. The Morgan fingerprint density at radius 1 is 0.895 bits per heavy atom. The molecule has 0 atom stereocenters. The average Bonchev–Trinajstić information content (AvgIpc) is 2.40. The van der Waals surface area contributed by atoms with Crippen molar-refractivity contribution in [2.24, 2.45) is 0 Å². The number of allylic oxidation sites excluding steroid dienone is 1. The van der Waals surface area contributed by atoms with Crippen LogP contribution in [0.5, 0.6) is 11.5 Å². The average molecular weight is 274 g/mol. The highest BCUT2D eigenvalue weighted by Crippen LogP contribution is 2.54. The summed E-state index contributed by atoms with van der Waals surface area (Å²) in [5.41, 5.74) is 0. The van der Waals surface area contributed by atoms with Crippen LogP contribution in [0.2, 0.25) is 0 Å². The smallest absolute Gasteiger partial charge is 0.413 e. The van der Waals surface area contributed by atoms with Crippen molar-refractivity contribution < 1.29 is 13.6 Å². The van der Waals surface area contributed by atoms with Gasteiger partial charge in [-0.25, -0.2) is 4.57 Å². The fourth-order valence-electron chi connectivity index (χ4n) is 1.41. The zero-order valence-corrected chi connectivity index (χ0v) is 11.5. The van der Waals surface area contributed by atoms with Crippen LogP contribution in [0.15, 0.2) is 72.6 Å². The van der Waals surface area contributed by atoms with Crippen LogP contribution in [0.3, 0.4) is 0 Å². The normalized spacial score (nSPS) is 10.8. The van der Waals surface area contributed by atoms with Gasteiger partial charge in [-0.2, -0.15) is 0 Å². The largest absolute Gasteiger partial charge is 0.457 e. The highest BCUT2D eigenvalue weighted by atomic mass is 31.2. The third kappa shape index (κ3) is 3.49. The second kappa shape index (κ2) is 5.77. The third-order valence-electron chi connectivity index (χ3n) is 2.41. The van der Waals surface area contributed by atoms with Crippen molar-refractivity contribution in [3.8, 4) is 11.5 Å². The van der Waals surface area contributed by atoms with E-state index in [9.17, 15) is 4.57 Å². The van der Waals surface area contributed by atoms with Gasteiger partial charge in [0, 0.05) is 0 Å². The van der Waals surface area contributed by atoms with Gasteiger partial charge in [0.25, 0.3) is 0 Å². The molecule has 0 radical (unpaired) electrons. The van der Waals surface area contributed by atoms with Crippen molar-refractivity contribution in [1.82, 2.24) is 0 Å². The lowest BCUT2D eigenvalue weighted by Crippen LogP contribution is -2.01. The van der Waals surface area contributed by atoms with E-state index in [1.807, 2.05) is 12.1 Å². The molecule has 0 bridgehead atoms. The topological polar surface area (TPSA) is 35.5 Å². The lowest BCUT2D eigenvalue weighted by molar-refractivity contribution is 0.394. The molecule has 0 fully saturated rings. The molecule has 0 N–H and O–H groups in total. The van der Waals surface area contributed by atoms with Crippen LogP contribution >= 0.6 is 7.60 Å². The Labute approximate surface area is 113 Å². The minimum atomic E-state index is -3.43. The maximum atomic E-state index is 12.7. The second-order valence-electron chi connectivity index (χ2n) is 4.04. The van der Waals surface area contributed by atoms with Gasteiger partial charge in [0.15, 0.2) is 0 Å². The molecular formula is C15H15O3P. The van der Waals surface area contributed by atoms with Crippen LogP contribution in [0.1, 0.15) is 6.92 Å². The fraction of sp³-hybridized carbons (Fsp3) is 0.0667. The number of rotatable bonds is 5. The molecule has 0 aliphatic carbocycles.